The predicted molar refractivity (Wildman–Crippen MR) is 75.6 cm³/mol. The Kier molecular flexibility index (Phi) is 2.83. The molecule has 4 aliphatic rings. The van der Waals surface area contributed by atoms with Crippen LogP contribution in [0.2, 0.25) is 0 Å². The number of hydrogen-bond donors (Lipinski definition) is 0. The standard InChI is InChI=1S/C17H21NO2/c19-16-14-12-6-7-13(10-12)15(14)17(20)18(16)9-8-11-4-2-1-3-5-11/h4,6-7,12-15H,1-3,5,8-10H2/t12-,13+,14+,15-. The zero-order chi connectivity index (χ0) is 13.7. The summed E-state index contributed by atoms with van der Waals surface area (Å²) in [5, 5.41) is 0. The van der Waals surface area contributed by atoms with Gasteiger partial charge in [-0.15, -0.1) is 0 Å². The molecule has 0 aromatic carbocycles. The number of nitrogens with zero attached hydrogens (tertiary/aromatic N) is 1. The van der Waals surface area contributed by atoms with Crippen LogP contribution in [0.5, 0.6) is 0 Å². The maximum atomic E-state index is 12.5. The molecule has 1 aliphatic heterocycles. The van der Waals surface area contributed by atoms with E-state index < -0.39 is 0 Å². The van der Waals surface area contributed by atoms with Gasteiger partial charge in [-0.25, -0.2) is 0 Å². The topological polar surface area (TPSA) is 37.4 Å². The molecular formula is C17H21NO2. The van der Waals surface area contributed by atoms with E-state index in [1.807, 2.05) is 0 Å². The first kappa shape index (κ1) is 12.4. The Balaban J connectivity index is 1.46. The van der Waals surface area contributed by atoms with Crippen LogP contribution < -0.4 is 0 Å². The molecule has 4 atom stereocenters. The number of hydrogen-bond acceptors (Lipinski definition) is 2. The summed E-state index contributed by atoms with van der Waals surface area (Å²) in [7, 11) is 0. The average Bonchev–Trinajstić information content (AvgIpc) is 3.13. The smallest absolute Gasteiger partial charge is 0.233 e. The highest BCUT2D eigenvalue weighted by atomic mass is 16.2. The van der Waals surface area contributed by atoms with E-state index in [1.54, 1.807) is 4.90 Å². The molecule has 0 unspecified atom stereocenters. The van der Waals surface area contributed by atoms with Crippen molar-refractivity contribution in [3.8, 4) is 0 Å². The van der Waals surface area contributed by atoms with Crippen LogP contribution in [0.1, 0.15) is 38.5 Å². The zero-order valence-corrected chi connectivity index (χ0v) is 11.8. The summed E-state index contributed by atoms with van der Waals surface area (Å²) in [6.45, 7) is 0.607. The number of amides is 2. The Morgan fingerprint density at radius 1 is 1.05 bits per heavy atom. The van der Waals surface area contributed by atoms with Crippen LogP contribution in [0.3, 0.4) is 0 Å². The van der Waals surface area contributed by atoms with E-state index in [2.05, 4.69) is 18.2 Å². The molecule has 1 saturated carbocycles. The van der Waals surface area contributed by atoms with Gasteiger partial charge < -0.3 is 0 Å². The summed E-state index contributed by atoms with van der Waals surface area (Å²) >= 11 is 0. The molecule has 3 heteroatoms. The minimum absolute atomic E-state index is 0.0298. The number of likely N-dealkylation sites (tertiary alicyclic amines) is 1. The molecule has 0 N–H and O–H groups in total. The van der Waals surface area contributed by atoms with Gasteiger partial charge in [-0.05, 0) is 50.4 Å². The Hall–Kier alpha value is -1.38. The lowest BCUT2D eigenvalue weighted by atomic mass is 9.85. The SMILES string of the molecule is O=C1[C@@H]2[C@H](C(=O)N1CCC1=CCCCC1)[C@H]1C=C[C@@H]2C1. The molecule has 4 rings (SSSR count). The van der Waals surface area contributed by atoms with Crippen LogP contribution in [0.4, 0.5) is 0 Å². The van der Waals surface area contributed by atoms with E-state index in [9.17, 15) is 9.59 Å². The molecule has 1 saturated heterocycles. The Labute approximate surface area is 119 Å². The fraction of sp³-hybridized carbons (Fsp3) is 0.647. The molecule has 3 nitrogen and oxygen atoms in total. The molecule has 0 aromatic rings. The summed E-state index contributed by atoms with van der Waals surface area (Å²) in [5.41, 5.74) is 1.44. The van der Waals surface area contributed by atoms with Gasteiger partial charge >= 0.3 is 0 Å². The fourth-order valence-electron chi connectivity index (χ4n) is 4.57. The molecule has 3 aliphatic carbocycles. The third-order valence-corrected chi connectivity index (χ3v) is 5.60. The molecular weight excluding hydrogens is 250 g/mol. The lowest BCUT2D eigenvalue weighted by Gasteiger charge is -2.19. The summed E-state index contributed by atoms with van der Waals surface area (Å²) in [6, 6.07) is 0. The van der Waals surface area contributed by atoms with Crippen molar-refractivity contribution >= 4 is 11.8 Å². The predicted octanol–water partition coefficient (Wildman–Crippen LogP) is 2.68. The van der Waals surface area contributed by atoms with E-state index in [0.717, 1.165) is 25.7 Å². The van der Waals surface area contributed by atoms with Crippen molar-refractivity contribution in [2.75, 3.05) is 6.54 Å². The van der Waals surface area contributed by atoms with Gasteiger partial charge in [-0.3, -0.25) is 14.5 Å². The monoisotopic (exact) mass is 271 g/mol. The molecule has 0 aromatic heterocycles. The van der Waals surface area contributed by atoms with Crippen LogP contribution in [-0.2, 0) is 9.59 Å². The third-order valence-electron chi connectivity index (χ3n) is 5.60. The van der Waals surface area contributed by atoms with Gasteiger partial charge in [0.25, 0.3) is 0 Å². The van der Waals surface area contributed by atoms with Crippen molar-refractivity contribution in [3.05, 3.63) is 23.8 Å². The van der Waals surface area contributed by atoms with E-state index in [0.29, 0.717) is 18.4 Å². The largest absolute Gasteiger partial charge is 0.282 e. The van der Waals surface area contributed by atoms with Crippen LogP contribution in [0.25, 0.3) is 0 Å². The highest BCUT2D eigenvalue weighted by Gasteiger charge is 2.58. The average molecular weight is 271 g/mol. The molecule has 1 heterocycles. The fourth-order valence-corrected chi connectivity index (χ4v) is 4.57. The number of imide groups is 1. The van der Waals surface area contributed by atoms with Crippen LogP contribution in [0, 0.1) is 23.7 Å². The lowest BCUT2D eigenvalue weighted by Crippen LogP contribution is -2.34. The molecule has 2 bridgehead atoms. The molecule has 2 fully saturated rings. The van der Waals surface area contributed by atoms with Crippen molar-refractivity contribution in [3.63, 3.8) is 0 Å². The van der Waals surface area contributed by atoms with Crippen molar-refractivity contribution in [2.45, 2.75) is 38.5 Å². The van der Waals surface area contributed by atoms with Gasteiger partial charge in [-0.2, -0.15) is 0 Å². The van der Waals surface area contributed by atoms with E-state index >= 15 is 0 Å². The quantitative estimate of drug-likeness (QED) is 0.584. The first-order valence-electron chi connectivity index (χ1n) is 7.97. The first-order valence-corrected chi connectivity index (χ1v) is 7.97. The van der Waals surface area contributed by atoms with Gasteiger partial charge in [0, 0.05) is 6.54 Å². The van der Waals surface area contributed by atoms with E-state index in [4.69, 9.17) is 0 Å². The van der Waals surface area contributed by atoms with Gasteiger partial charge in [0.15, 0.2) is 0 Å². The Bertz CT molecular complexity index is 489. The first-order chi connectivity index (χ1) is 9.75. The van der Waals surface area contributed by atoms with Crippen molar-refractivity contribution in [2.24, 2.45) is 23.7 Å². The minimum Gasteiger partial charge on any atom is -0.282 e. The van der Waals surface area contributed by atoms with Crippen molar-refractivity contribution in [1.82, 2.24) is 4.90 Å². The Morgan fingerprint density at radius 2 is 1.75 bits per heavy atom. The van der Waals surface area contributed by atoms with Gasteiger partial charge in [0.1, 0.15) is 0 Å². The molecule has 106 valence electrons. The molecule has 0 spiro atoms. The summed E-state index contributed by atoms with van der Waals surface area (Å²) in [5.74, 6) is 0.817. The maximum absolute atomic E-state index is 12.5. The maximum Gasteiger partial charge on any atom is 0.233 e. The number of fused-ring (bicyclic) bond motifs is 5. The van der Waals surface area contributed by atoms with Gasteiger partial charge in [0.2, 0.25) is 11.8 Å². The highest BCUT2D eigenvalue weighted by Crippen LogP contribution is 2.52. The second kappa shape index (κ2) is 4.57. The zero-order valence-electron chi connectivity index (χ0n) is 11.8. The number of carbonyl (C=O) groups excluding carboxylic acids is 2. The van der Waals surface area contributed by atoms with E-state index in [-0.39, 0.29) is 23.7 Å². The molecule has 0 radical (unpaired) electrons. The minimum atomic E-state index is -0.0298. The van der Waals surface area contributed by atoms with Crippen molar-refractivity contribution in [1.29, 1.82) is 0 Å². The molecule has 20 heavy (non-hydrogen) atoms. The number of allylic oxidation sites excluding steroid dienone is 3. The van der Waals surface area contributed by atoms with Gasteiger partial charge in [-0.1, -0.05) is 23.8 Å². The normalized spacial score (nSPS) is 38.6. The second-order valence-corrected chi connectivity index (χ2v) is 6.69. The van der Waals surface area contributed by atoms with Crippen molar-refractivity contribution < 1.29 is 9.59 Å². The molecule has 2 amide bonds. The van der Waals surface area contributed by atoms with Crippen LogP contribution in [0.15, 0.2) is 23.8 Å². The van der Waals surface area contributed by atoms with Crippen LogP contribution in [-0.4, -0.2) is 23.3 Å². The summed E-state index contributed by atoms with van der Waals surface area (Å²) < 4.78 is 0. The Morgan fingerprint density at radius 3 is 2.35 bits per heavy atom. The lowest BCUT2D eigenvalue weighted by molar-refractivity contribution is -0.140. The third kappa shape index (κ3) is 1.72. The highest BCUT2D eigenvalue weighted by molar-refractivity contribution is 6.06. The van der Waals surface area contributed by atoms with Crippen LogP contribution >= 0.6 is 0 Å². The number of carbonyl (C=O) groups is 2. The number of rotatable bonds is 3. The second-order valence-electron chi connectivity index (χ2n) is 6.69. The summed E-state index contributed by atoms with van der Waals surface area (Å²) in [6.07, 6.45) is 13.4. The van der Waals surface area contributed by atoms with E-state index in [1.165, 1.54) is 18.4 Å². The van der Waals surface area contributed by atoms with Gasteiger partial charge in [0.05, 0.1) is 11.8 Å². The summed E-state index contributed by atoms with van der Waals surface area (Å²) in [4.78, 5) is 26.6.